The molecule has 1 aliphatic rings. The molecule has 1 aromatic rings. The number of carbonyl (C=O) groups is 2. The van der Waals surface area contributed by atoms with E-state index in [1.165, 1.54) is 6.07 Å². The van der Waals surface area contributed by atoms with E-state index in [0.29, 0.717) is 34.9 Å². The van der Waals surface area contributed by atoms with Crippen LogP contribution in [0.4, 0.5) is 5.69 Å². The molecular formula is C15H20N2O3. The summed E-state index contributed by atoms with van der Waals surface area (Å²) in [5.74, 6) is 0.224. The third-order valence-electron chi connectivity index (χ3n) is 3.71. The maximum atomic E-state index is 12.0. The van der Waals surface area contributed by atoms with Crippen LogP contribution in [0.3, 0.4) is 0 Å². The molecule has 0 spiro atoms. The number of piperidine rings is 1. The Kier molecular flexibility index (Phi) is 5.26. The summed E-state index contributed by atoms with van der Waals surface area (Å²) in [5, 5.41) is 13.8. The minimum Gasteiger partial charge on any atom is -0.317 e. The highest BCUT2D eigenvalue weighted by molar-refractivity contribution is 5.92. The van der Waals surface area contributed by atoms with Crippen LogP contribution in [0, 0.1) is 5.92 Å². The Morgan fingerprint density at radius 1 is 1.40 bits per heavy atom. The Balaban J connectivity index is 1.88. The van der Waals surface area contributed by atoms with Crippen molar-refractivity contribution in [2.75, 3.05) is 18.2 Å². The topological polar surface area (TPSA) is 69.6 Å². The van der Waals surface area contributed by atoms with Crippen LogP contribution < -0.4 is 10.4 Å². The Morgan fingerprint density at radius 3 is 2.85 bits per heavy atom. The predicted molar refractivity (Wildman–Crippen MR) is 75.9 cm³/mol. The molecule has 5 nitrogen and oxygen atoms in total. The maximum absolute atomic E-state index is 12.0. The van der Waals surface area contributed by atoms with Gasteiger partial charge in [-0.1, -0.05) is 12.1 Å². The van der Waals surface area contributed by atoms with Gasteiger partial charge in [-0.05, 0) is 50.4 Å². The molecular weight excluding hydrogens is 256 g/mol. The lowest BCUT2D eigenvalue weighted by atomic mass is 9.93. The zero-order chi connectivity index (χ0) is 14.4. The van der Waals surface area contributed by atoms with Gasteiger partial charge in [0.05, 0.1) is 5.69 Å². The Hall–Kier alpha value is -1.72. The van der Waals surface area contributed by atoms with Crippen molar-refractivity contribution in [1.82, 2.24) is 5.32 Å². The number of nitrogens with one attached hydrogen (secondary N) is 1. The smallest absolute Gasteiger partial charge is 0.250 e. The van der Waals surface area contributed by atoms with E-state index < -0.39 is 0 Å². The Labute approximate surface area is 118 Å². The highest BCUT2D eigenvalue weighted by Crippen LogP contribution is 2.20. The van der Waals surface area contributed by atoms with Gasteiger partial charge in [0, 0.05) is 12.0 Å². The van der Waals surface area contributed by atoms with Crippen LogP contribution in [-0.2, 0) is 4.79 Å². The van der Waals surface area contributed by atoms with E-state index in [9.17, 15) is 14.8 Å². The van der Waals surface area contributed by atoms with Crippen LogP contribution in [0.2, 0.25) is 0 Å². The van der Waals surface area contributed by atoms with Crippen molar-refractivity contribution in [2.45, 2.75) is 25.7 Å². The molecule has 0 saturated carbocycles. The molecule has 5 heteroatoms. The largest absolute Gasteiger partial charge is 0.317 e. The van der Waals surface area contributed by atoms with Crippen LogP contribution in [0.5, 0.6) is 0 Å². The summed E-state index contributed by atoms with van der Waals surface area (Å²) in [7, 11) is 0. The molecule has 1 saturated heterocycles. The number of carbonyl (C=O) groups excluding carboxylic acids is 2. The van der Waals surface area contributed by atoms with Crippen molar-refractivity contribution in [1.29, 1.82) is 0 Å². The molecule has 0 aliphatic carbocycles. The minimum atomic E-state index is -0.327. The van der Waals surface area contributed by atoms with Crippen molar-refractivity contribution in [3.05, 3.63) is 29.8 Å². The third-order valence-corrected chi connectivity index (χ3v) is 3.71. The van der Waals surface area contributed by atoms with E-state index in [4.69, 9.17) is 0 Å². The number of anilines is 1. The van der Waals surface area contributed by atoms with E-state index in [1.807, 2.05) is 0 Å². The van der Waals surface area contributed by atoms with E-state index in [1.54, 1.807) is 18.2 Å². The number of aldehydes is 1. The van der Waals surface area contributed by atoms with Gasteiger partial charge in [0.25, 0.3) is 5.91 Å². The predicted octanol–water partition coefficient (Wildman–Crippen LogP) is 2.00. The lowest BCUT2D eigenvalue weighted by Crippen LogP contribution is -2.30. The number of hydrogen-bond donors (Lipinski definition) is 2. The van der Waals surface area contributed by atoms with Crippen molar-refractivity contribution in [3.63, 3.8) is 0 Å². The zero-order valence-corrected chi connectivity index (χ0v) is 11.4. The second-order valence-electron chi connectivity index (χ2n) is 5.15. The molecule has 108 valence electrons. The molecule has 0 bridgehead atoms. The highest BCUT2D eigenvalue weighted by Gasteiger charge is 2.18. The number of hydrogen-bond acceptors (Lipinski definition) is 4. The van der Waals surface area contributed by atoms with Crippen LogP contribution >= 0.6 is 0 Å². The van der Waals surface area contributed by atoms with Crippen LogP contribution in [0.15, 0.2) is 24.3 Å². The van der Waals surface area contributed by atoms with E-state index >= 15 is 0 Å². The lowest BCUT2D eigenvalue weighted by Gasteiger charge is -2.23. The summed E-state index contributed by atoms with van der Waals surface area (Å²) in [6.45, 7) is 2.01. The van der Waals surface area contributed by atoms with E-state index in [2.05, 4.69) is 5.32 Å². The second-order valence-corrected chi connectivity index (χ2v) is 5.15. The molecule has 2 rings (SSSR count). The number of amides is 1. The van der Waals surface area contributed by atoms with Gasteiger partial charge in [0.2, 0.25) is 0 Å². The first-order chi connectivity index (χ1) is 9.70. The molecule has 0 atom stereocenters. The quantitative estimate of drug-likeness (QED) is 0.490. The van der Waals surface area contributed by atoms with Crippen molar-refractivity contribution < 1.29 is 14.8 Å². The normalized spacial score (nSPS) is 15.8. The summed E-state index contributed by atoms with van der Waals surface area (Å²) in [5.41, 5.74) is 0.776. The summed E-state index contributed by atoms with van der Waals surface area (Å²) < 4.78 is 0. The number of hydroxylamine groups is 1. The fourth-order valence-electron chi connectivity index (χ4n) is 2.48. The van der Waals surface area contributed by atoms with Crippen LogP contribution in [-0.4, -0.2) is 30.5 Å². The van der Waals surface area contributed by atoms with Crippen LogP contribution in [0.25, 0.3) is 0 Å². The van der Waals surface area contributed by atoms with Gasteiger partial charge in [0.15, 0.2) is 0 Å². The van der Waals surface area contributed by atoms with Gasteiger partial charge >= 0.3 is 0 Å². The summed E-state index contributed by atoms with van der Waals surface area (Å²) in [6, 6.07) is 6.37. The second kappa shape index (κ2) is 7.17. The van der Waals surface area contributed by atoms with Gasteiger partial charge in [-0.2, -0.15) is 5.06 Å². The molecule has 1 fully saturated rings. The average molecular weight is 276 g/mol. The molecule has 0 aromatic heterocycles. The van der Waals surface area contributed by atoms with Crippen LogP contribution in [0.1, 0.15) is 36.0 Å². The SMILES string of the molecule is O=Cc1cccc(N(O)C(=O)CCC2CCNCC2)c1. The first kappa shape index (κ1) is 14.7. The Bertz CT molecular complexity index is 470. The van der Waals surface area contributed by atoms with E-state index in [-0.39, 0.29) is 5.91 Å². The molecule has 1 aromatic carbocycles. The summed E-state index contributed by atoms with van der Waals surface area (Å²) in [6.07, 6.45) is 3.98. The van der Waals surface area contributed by atoms with Gasteiger partial charge in [0.1, 0.15) is 6.29 Å². The molecule has 1 aliphatic heterocycles. The van der Waals surface area contributed by atoms with Crippen molar-refractivity contribution in [2.24, 2.45) is 5.92 Å². The van der Waals surface area contributed by atoms with Gasteiger partial charge in [-0.15, -0.1) is 0 Å². The molecule has 0 radical (unpaired) electrons. The molecule has 2 N–H and O–H groups in total. The number of rotatable bonds is 5. The fraction of sp³-hybridized carbons (Fsp3) is 0.467. The highest BCUT2D eigenvalue weighted by atomic mass is 16.5. The average Bonchev–Trinajstić information content (AvgIpc) is 2.53. The minimum absolute atomic E-state index is 0.326. The molecule has 20 heavy (non-hydrogen) atoms. The molecule has 0 unspecified atom stereocenters. The summed E-state index contributed by atoms with van der Waals surface area (Å²) >= 11 is 0. The van der Waals surface area contributed by atoms with Gasteiger partial charge in [-0.3, -0.25) is 14.8 Å². The molecule has 1 amide bonds. The molecule has 1 heterocycles. The van der Waals surface area contributed by atoms with Gasteiger partial charge < -0.3 is 5.32 Å². The first-order valence-electron chi connectivity index (χ1n) is 6.98. The number of nitrogens with zero attached hydrogens (tertiary/aromatic N) is 1. The maximum Gasteiger partial charge on any atom is 0.250 e. The van der Waals surface area contributed by atoms with Crippen molar-refractivity contribution >= 4 is 17.9 Å². The summed E-state index contributed by atoms with van der Waals surface area (Å²) in [4.78, 5) is 22.7. The Morgan fingerprint density at radius 2 is 2.15 bits per heavy atom. The van der Waals surface area contributed by atoms with Crippen molar-refractivity contribution in [3.8, 4) is 0 Å². The lowest BCUT2D eigenvalue weighted by molar-refractivity contribution is -0.124. The fourth-order valence-corrected chi connectivity index (χ4v) is 2.48. The number of benzene rings is 1. The zero-order valence-electron chi connectivity index (χ0n) is 11.4. The van der Waals surface area contributed by atoms with Gasteiger partial charge in [-0.25, -0.2) is 0 Å². The monoisotopic (exact) mass is 276 g/mol. The van der Waals surface area contributed by atoms with E-state index in [0.717, 1.165) is 32.4 Å². The third kappa shape index (κ3) is 3.88. The standard InChI is InChI=1S/C15H20N2O3/c18-11-13-2-1-3-14(10-13)17(20)15(19)5-4-12-6-8-16-9-7-12/h1-3,10-12,16,20H,4-9H2. The first-order valence-corrected chi connectivity index (χ1v) is 6.98.